The Hall–Kier alpha value is -4.12. The van der Waals surface area contributed by atoms with Crippen molar-refractivity contribution in [2.45, 2.75) is 13.0 Å². The molecular formula is C24H23F2N7O2. The molecule has 1 aliphatic heterocycles. The van der Waals surface area contributed by atoms with Gasteiger partial charge in [0.2, 0.25) is 5.88 Å². The number of nitrogens with two attached hydrogens (primary N) is 1. The zero-order valence-corrected chi connectivity index (χ0v) is 18.9. The van der Waals surface area contributed by atoms with Crippen molar-refractivity contribution in [1.82, 2.24) is 24.8 Å². The summed E-state index contributed by atoms with van der Waals surface area (Å²) in [6, 6.07) is 10.7. The lowest BCUT2D eigenvalue weighted by Crippen LogP contribution is -2.47. The topological polar surface area (TPSA) is 113 Å². The van der Waals surface area contributed by atoms with Gasteiger partial charge in [-0.1, -0.05) is 12.1 Å². The zero-order valence-electron chi connectivity index (χ0n) is 18.9. The van der Waals surface area contributed by atoms with Gasteiger partial charge in [-0.15, -0.1) is 0 Å². The Balaban J connectivity index is 1.31. The van der Waals surface area contributed by atoms with Gasteiger partial charge in [-0.2, -0.15) is 0 Å². The number of H-pyrrole nitrogens is 1. The number of piperazine rings is 1. The van der Waals surface area contributed by atoms with Gasteiger partial charge in [0.15, 0.2) is 11.6 Å². The lowest BCUT2D eigenvalue weighted by atomic mass is 10.1. The van der Waals surface area contributed by atoms with Crippen LogP contribution in [0, 0.1) is 11.6 Å². The van der Waals surface area contributed by atoms with E-state index in [4.69, 9.17) is 10.5 Å². The van der Waals surface area contributed by atoms with E-state index in [1.807, 2.05) is 12.1 Å². The molecule has 2 aromatic heterocycles. The van der Waals surface area contributed by atoms with E-state index in [1.54, 1.807) is 6.07 Å². The molecule has 0 bridgehead atoms. The van der Waals surface area contributed by atoms with Gasteiger partial charge >= 0.3 is 0 Å². The van der Waals surface area contributed by atoms with Gasteiger partial charge in [0.25, 0.3) is 5.56 Å². The van der Waals surface area contributed by atoms with Crippen LogP contribution in [0.25, 0.3) is 11.0 Å². The van der Waals surface area contributed by atoms with Crippen LogP contribution in [0.15, 0.2) is 53.6 Å². The molecule has 2 aromatic carbocycles. The van der Waals surface area contributed by atoms with Gasteiger partial charge in [0, 0.05) is 44.4 Å². The molecule has 35 heavy (non-hydrogen) atoms. The minimum Gasteiger partial charge on any atom is -0.436 e. The summed E-state index contributed by atoms with van der Waals surface area (Å²) in [5, 5.41) is 0. The average molecular weight is 479 g/mol. The molecule has 1 aliphatic rings. The van der Waals surface area contributed by atoms with E-state index in [9.17, 15) is 13.6 Å². The number of aromatic nitrogens is 4. The van der Waals surface area contributed by atoms with Gasteiger partial charge in [-0.05, 0) is 30.7 Å². The van der Waals surface area contributed by atoms with Crippen molar-refractivity contribution in [1.29, 1.82) is 0 Å². The lowest BCUT2D eigenvalue weighted by molar-refractivity contribution is 0.198. The second kappa shape index (κ2) is 9.26. The lowest BCUT2D eigenvalue weighted by Gasteiger charge is -2.38. The normalized spacial score (nSPS) is 15.3. The maximum absolute atomic E-state index is 14.1. The molecule has 0 amide bonds. The highest BCUT2D eigenvalue weighted by Gasteiger charge is 2.23. The summed E-state index contributed by atoms with van der Waals surface area (Å²) in [6.45, 7) is 5.15. The number of ether oxygens (including phenoxy) is 1. The van der Waals surface area contributed by atoms with Gasteiger partial charge in [0.05, 0.1) is 5.52 Å². The first-order valence-electron chi connectivity index (χ1n) is 11.1. The van der Waals surface area contributed by atoms with E-state index in [0.717, 1.165) is 43.9 Å². The molecule has 1 fully saturated rings. The average Bonchev–Trinajstić information content (AvgIpc) is 2.85. The van der Waals surface area contributed by atoms with Crippen molar-refractivity contribution in [2.75, 3.05) is 36.8 Å². The summed E-state index contributed by atoms with van der Waals surface area (Å²) in [5.41, 5.74) is 6.47. The van der Waals surface area contributed by atoms with Gasteiger partial charge in [-0.3, -0.25) is 9.69 Å². The van der Waals surface area contributed by atoms with Crippen molar-refractivity contribution in [3.05, 3.63) is 76.3 Å². The molecular weight excluding hydrogens is 456 g/mol. The summed E-state index contributed by atoms with van der Waals surface area (Å²) < 4.78 is 33.2. The maximum atomic E-state index is 14.1. The van der Waals surface area contributed by atoms with Crippen LogP contribution < -0.4 is 20.9 Å². The molecule has 180 valence electrons. The van der Waals surface area contributed by atoms with Crippen LogP contribution in [0.2, 0.25) is 0 Å². The van der Waals surface area contributed by atoms with Crippen LogP contribution in [0.3, 0.4) is 0 Å². The number of rotatable bonds is 5. The van der Waals surface area contributed by atoms with E-state index in [1.165, 1.54) is 18.5 Å². The monoisotopic (exact) mass is 479 g/mol. The number of benzene rings is 2. The van der Waals surface area contributed by atoms with Crippen LogP contribution in [-0.2, 0) is 0 Å². The summed E-state index contributed by atoms with van der Waals surface area (Å²) in [5.74, 6) is -0.140. The molecule has 1 unspecified atom stereocenters. The fraction of sp³-hybridized carbons (Fsp3) is 0.250. The number of anilines is 2. The molecule has 5 rings (SSSR count). The minimum absolute atomic E-state index is 0.0746. The fourth-order valence-corrected chi connectivity index (χ4v) is 4.18. The van der Waals surface area contributed by atoms with Gasteiger partial charge in [0.1, 0.15) is 29.3 Å². The molecule has 4 aromatic rings. The predicted octanol–water partition coefficient (Wildman–Crippen LogP) is 3.25. The Morgan fingerprint density at radius 1 is 1.03 bits per heavy atom. The first kappa shape index (κ1) is 22.7. The highest BCUT2D eigenvalue weighted by atomic mass is 19.1. The Morgan fingerprint density at radius 2 is 1.77 bits per heavy atom. The van der Waals surface area contributed by atoms with Crippen LogP contribution in [0.5, 0.6) is 11.6 Å². The largest absolute Gasteiger partial charge is 0.436 e. The van der Waals surface area contributed by atoms with Crippen molar-refractivity contribution in [2.24, 2.45) is 0 Å². The van der Waals surface area contributed by atoms with E-state index < -0.39 is 11.4 Å². The second-order valence-electron chi connectivity index (χ2n) is 8.32. The number of hydrogen-bond acceptors (Lipinski definition) is 8. The van der Waals surface area contributed by atoms with Gasteiger partial charge in [-0.25, -0.2) is 23.7 Å². The highest BCUT2D eigenvalue weighted by Crippen LogP contribution is 2.30. The third-order valence-electron chi connectivity index (χ3n) is 6.13. The maximum Gasteiger partial charge on any atom is 0.290 e. The van der Waals surface area contributed by atoms with Crippen LogP contribution in [-0.4, -0.2) is 51.0 Å². The molecule has 1 atom stereocenters. The quantitative estimate of drug-likeness (QED) is 0.449. The number of hydrogen-bond donors (Lipinski definition) is 2. The summed E-state index contributed by atoms with van der Waals surface area (Å²) in [6.07, 6.45) is 1.38. The highest BCUT2D eigenvalue weighted by molar-refractivity contribution is 5.82. The summed E-state index contributed by atoms with van der Waals surface area (Å²) in [4.78, 5) is 31.2. The van der Waals surface area contributed by atoms with Crippen molar-refractivity contribution in [3.63, 3.8) is 0 Å². The van der Waals surface area contributed by atoms with E-state index >= 15 is 0 Å². The molecule has 11 heteroatoms. The first-order chi connectivity index (χ1) is 16.9. The molecule has 9 nitrogen and oxygen atoms in total. The molecule has 0 radical (unpaired) electrons. The molecule has 3 N–H and O–H groups in total. The van der Waals surface area contributed by atoms with Crippen molar-refractivity contribution < 1.29 is 13.5 Å². The number of fused-ring (bicyclic) bond motifs is 1. The fourth-order valence-electron chi connectivity index (χ4n) is 4.18. The minimum atomic E-state index is -0.605. The second-order valence-corrected chi connectivity index (χ2v) is 8.32. The smallest absolute Gasteiger partial charge is 0.290 e. The molecule has 0 aliphatic carbocycles. The number of nitrogens with one attached hydrogen (secondary N) is 1. The van der Waals surface area contributed by atoms with Crippen LogP contribution in [0.1, 0.15) is 18.5 Å². The predicted molar refractivity (Wildman–Crippen MR) is 127 cm³/mol. The Kier molecular flexibility index (Phi) is 6.00. The number of nitrogens with zero attached hydrogens (tertiary/aromatic N) is 5. The van der Waals surface area contributed by atoms with Crippen molar-refractivity contribution in [3.8, 4) is 11.6 Å². The standard InChI is InChI=1S/C24H23F2N7O2/c1-14(15-2-4-16(25)5-3-15)32-6-8-33(9-7-32)20-12-21(29-13-28-20)35-19-11-17(26)10-18-22(19)31-23(27)24(34)30-18/h2-5,10-14H,6-9H2,1H3,(H2,27,31)(H,30,34). The van der Waals surface area contributed by atoms with Gasteiger partial charge < -0.3 is 20.4 Å². The molecule has 0 saturated carbocycles. The third-order valence-corrected chi connectivity index (χ3v) is 6.13. The number of halogens is 2. The van der Waals surface area contributed by atoms with Crippen LogP contribution >= 0.6 is 0 Å². The molecule has 3 heterocycles. The Morgan fingerprint density at radius 3 is 2.51 bits per heavy atom. The molecule has 0 spiro atoms. The van der Waals surface area contributed by atoms with E-state index in [2.05, 4.69) is 36.7 Å². The summed E-state index contributed by atoms with van der Waals surface area (Å²) in [7, 11) is 0. The number of aromatic amines is 1. The van der Waals surface area contributed by atoms with Crippen molar-refractivity contribution >= 4 is 22.7 Å². The summed E-state index contributed by atoms with van der Waals surface area (Å²) >= 11 is 0. The van der Waals surface area contributed by atoms with E-state index in [-0.39, 0.29) is 40.3 Å². The van der Waals surface area contributed by atoms with E-state index in [0.29, 0.717) is 5.82 Å². The number of nitrogen functional groups attached to an aromatic ring is 1. The zero-order chi connectivity index (χ0) is 24.5. The SMILES string of the molecule is CC(c1ccc(F)cc1)N1CCN(c2cc(Oc3cc(F)cc4[nH]c(=O)c(N)nc34)ncn2)CC1. The first-order valence-corrected chi connectivity index (χ1v) is 11.1. The Labute approximate surface area is 199 Å². The van der Waals surface area contributed by atoms with Crippen LogP contribution in [0.4, 0.5) is 20.4 Å². The third kappa shape index (κ3) is 4.76. The molecule has 1 saturated heterocycles. The Bertz CT molecular complexity index is 1420.